The minimum absolute atomic E-state index is 0.335. The number of thioether (sulfide) groups is 2. The number of carbonyl (C=O) groups is 2. The Morgan fingerprint density at radius 3 is 2.40 bits per heavy atom. The van der Waals surface area contributed by atoms with Gasteiger partial charge in [-0.3, -0.25) is 4.79 Å². The Morgan fingerprint density at radius 2 is 1.90 bits per heavy atom. The summed E-state index contributed by atoms with van der Waals surface area (Å²) in [5.41, 5.74) is 1.47. The van der Waals surface area contributed by atoms with Gasteiger partial charge in [-0.1, -0.05) is 12.1 Å². The van der Waals surface area contributed by atoms with Gasteiger partial charge in [0, 0.05) is 17.1 Å². The highest BCUT2D eigenvalue weighted by molar-refractivity contribution is 8.19. The standard InChI is InChI=1S/C13H14FNO3S2/c14-7-10(12(17)18)15-11(16)8-1-3-9(4-2-8)13-19-5-6-20-13/h1-4,10,13H,5-7H2,(H,15,16)(H,17,18). The van der Waals surface area contributed by atoms with Gasteiger partial charge in [-0.25, -0.2) is 9.18 Å². The Kier molecular flexibility index (Phi) is 5.31. The highest BCUT2D eigenvalue weighted by Gasteiger charge is 2.21. The van der Waals surface area contributed by atoms with Crippen LogP contribution in [0.1, 0.15) is 20.5 Å². The highest BCUT2D eigenvalue weighted by atomic mass is 32.2. The number of hydrogen-bond acceptors (Lipinski definition) is 4. The topological polar surface area (TPSA) is 66.4 Å². The summed E-state index contributed by atoms with van der Waals surface area (Å²) in [5.74, 6) is 0.285. The second-order valence-electron chi connectivity index (χ2n) is 4.21. The second kappa shape index (κ2) is 6.99. The molecule has 7 heteroatoms. The van der Waals surface area contributed by atoms with Crippen molar-refractivity contribution < 1.29 is 19.1 Å². The summed E-state index contributed by atoms with van der Waals surface area (Å²) < 4.78 is 12.8. The van der Waals surface area contributed by atoms with E-state index in [1.54, 1.807) is 12.1 Å². The molecule has 2 rings (SSSR count). The molecule has 4 nitrogen and oxygen atoms in total. The van der Waals surface area contributed by atoms with Gasteiger partial charge in [0.15, 0.2) is 6.04 Å². The molecule has 0 bridgehead atoms. The maximum atomic E-state index is 12.5. The average molecular weight is 315 g/mol. The Balaban J connectivity index is 2.01. The Hall–Kier alpha value is -1.21. The summed E-state index contributed by atoms with van der Waals surface area (Å²) in [6, 6.07) is 5.50. The number of halogens is 1. The molecule has 1 aromatic rings. The predicted octanol–water partition coefficient (Wildman–Crippen LogP) is 2.32. The van der Waals surface area contributed by atoms with Crippen LogP contribution >= 0.6 is 23.5 Å². The average Bonchev–Trinajstić information content (AvgIpc) is 2.98. The molecule has 0 spiro atoms. The molecule has 1 heterocycles. The van der Waals surface area contributed by atoms with E-state index in [0.29, 0.717) is 10.1 Å². The van der Waals surface area contributed by atoms with Gasteiger partial charge in [0.25, 0.3) is 5.91 Å². The lowest BCUT2D eigenvalue weighted by molar-refractivity contribution is -0.139. The van der Waals surface area contributed by atoms with Gasteiger partial charge in [0.2, 0.25) is 0 Å². The predicted molar refractivity (Wildman–Crippen MR) is 79.0 cm³/mol. The van der Waals surface area contributed by atoms with E-state index in [1.165, 1.54) is 0 Å². The Labute approximate surface area is 124 Å². The summed E-state index contributed by atoms with van der Waals surface area (Å²) in [4.78, 5) is 22.5. The summed E-state index contributed by atoms with van der Waals surface area (Å²) in [7, 11) is 0. The lowest BCUT2D eigenvalue weighted by Crippen LogP contribution is -2.42. The number of amides is 1. The van der Waals surface area contributed by atoms with Crippen LogP contribution in [0.3, 0.4) is 0 Å². The number of hydrogen-bond donors (Lipinski definition) is 2. The first-order valence-electron chi connectivity index (χ1n) is 6.04. The van der Waals surface area contributed by atoms with E-state index in [1.807, 2.05) is 35.7 Å². The molecule has 0 radical (unpaired) electrons. The summed E-state index contributed by atoms with van der Waals surface area (Å²) in [6.45, 7) is -1.13. The highest BCUT2D eigenvalue weighted by Crippen LogP contribution is 2.45. The molecule has 1 amide bonds. The van der Waals surface area contributed by atoms with Crippen LogP contribution in [0.15, 0.2) is 24.3 Å². The zero-order valence-corrected chi connectivity index (χ0v) is 12.2. The summed E-state index contributed by atoms with van der Waals surface area (Å²) in [5, 5.41) is 10.8. The molecule has 20 heavy (non-hydrogen) atoms. The van der Waals surface area contributed by atoms with Crippen molar-refractivity contribution in [1.82, 2.24) is 5.32 Å². The molecule has 0 saturated carbocycles. The van der Waals surface area contributed by atoms with Gasteiger partial charge in [-0.15, -0.1) is 23.5 Å². The van der Waals surface area contributed by atoms with Crippen molar-refractivity contribution >= 4 is 35.4 Å². The number of rotatable bonds is 5. The fourth-order valence-corrected chi connectivity index (χ4v) is 4.61. The van der Waals surface area contributed by atoms with Crippen LogP contribution < -0.4 is 5.32 Å². The zero-order chi connectivity index (χ0) is 14.5. The monoisotopic (exact) mass is 315 g/mol. The van der Waals surface area contributed by atoms with Gasteiger partial charge in [0.1, 0.15) is 6.67 Å². The molecule has 0 aromatic heterocycles. The molecule has 1 atom stereocenters. The van der Waals surface area contributed by atoms with Crippen LogP contribution in [-0.4, -0.2) is 41.2 Å². The molecule has 0 aliphatic carbocycles. The normalized spacial score (nSPS) is 16.9. The van der Waals surface area contributed by atoms with E-state index in [9.17, 15) is 14.0 Å². The summed E-state index contributed by atoms with van der Waals surface area (Å²) >= 11 is 3.73. The largest absolute Gasteiger partial charge is 0.480 e. The molecular formula is C13H14FNO3S2. The number of alkyl halides is 1. The summed E-state index contributed by atoms with van der Waals surface area (Å²) in [6.07, 6.45) is 0. The first-order chi connectivity index (χ1) is 9.61. The van der Waals surface area contributed by atoms with Crippen LogP contribution in [0.4, 0.5) is 4.39 Å². The maximum absolute atomic E-state index is 12.5. The number of benzene rings is 1. The molecule has 2 N–H and O–H groups in total. The van der Waals surface area contributed by atoms with Crippen molar-refractivity contribution in [2.45, 2.75) is 10.6 Å². The van der Waals surface area contributed by atoms with Crippen molar-refractivity contribution in [3.63, 3.8) is 0 Å². The minimum atomic E-state index is -1.50. The fraction of sp³-hybridized carbons (Fsp3) is 0.385. The smallest absolute Gasteiger partial charge is 0.328 e. The van der Waals surface area contributed by atoms with Gasteiger partial charge < -0.3 is 10.4 Å². The van der Waals surface area contributed by atoms with Crippen LogP contribution in [0, 0.1) is 0 Å². The van der Waals surface area contributed by atoms with E-state index >= 15 is 0 Å². The molecule has 108 valence electrons. The third-order valence-electron chi connectivity index (χ3n) is 2.82. The third-order valence-corrected chi connectivity index (χ3v) is 5.93. The van der Waals surface area contributed by atoms with Crippen molar-refractivity contribution in [1.29, 1.82) is 0 Å². The van der Waals surface area contributed by atoms with Gasteiger partial charge in [0.05, 0.1) is 4.58 Å². The zero-order valence-electron chi connectivity index (χ0n) is 10.5. The van der Waals surface area contributed by atoms with Crippen LogP contribution in [0.5, 0.6) is 0 Å². The van der Waals surface area contributed by atoms with Gasteiger partial charge in [-0.05, 0) is 17.7 Å². The first kappa shape index (κ1) is 15.2. The van der Waals surface area contributed by atoms with Crippen molar-refractivity contribution in [3.05, 3.63) is 35.4 Å². The lowest BCUT2D eigenvalue weighted by atomic mass is 10.1. The first-order valence-corrected chi connectivity index (χ1v) is 8.14. The Morgan fingerprint density at radius 1 is 1.30 bits per heavy atom. The number of nitrogens with one attached hydrogen (secondary N) is 1. The fourth-order valence-electron chi connectivity index (χ4n) is 1.75. The molecule has 1 aliphatic rings. The number of carboxylic acid groups (broad SMARTS) is 1. The third kappa shape index (κ3) is 3.67. The van der Waals surface area contributed by atoms with Crippen molar-refractivity contribution in [2.24, 2.45) is 0 Å². The molecule has 1 aromatic carbocycles. The quantitative estimate of drug-likeness (QED) is 0.873. The van der Waals surface area contributed by atoms with E-state index in [-0.39, 0.29) is 0 Å². The van der Waals surface area contributed by atoms with E-state index < -0.39 is 24.6 Å². The van der Waals surface area contributed by atoms with Crippen LogP contribution in [0.25, 0.3) is 0 Å². The van der Waals surface area contributed by atoms with Crippen molar-refractivity contribution in [3.8, 4) is 0 Å². The van der Waals surface area contributed by atoms with Crippen molar-refractivity contribution in [2.75, 3.05) is 18.2 Å². The van der Waals surface area contributed by atoms with E-state index in [0.717, 1.165) is 17.1 Å². The second-order valence-corrected chi connectivity index (χ2v) is 6.94. The molecule has 1 unspecified atom stereocenters. The van der Waals surface area contributed by atoms with Gasteiger partial charge in [-0.2, -0.15) is 0 Å². The Bertz CT molecular complexity index is 489. The molecule has 1 saturated heterocycles. The number of aliphatic carboxylic acids is 1. The molecule has 1 fully saturated rings. The molecular weight excluding hydrogens is 301 g/mol. The number of carbonyl (C=O) groups excluding carboxylic acids is 1. The van der Waals surface area contributed by atoms with Gasteiger partial charge >= 0.3 is 5.97 Å². The number of carboxylic acids is 1. The maximum Gasteiger partial charge on any atom is 0.328 e. The lowest BCUT2D eigenvalue weighted by Gasteiger charge is -2.12. The van der Waals surface area contributed by atoms with E-state index in [2.05, 4.69) is 5.32 Å². The molecule has 1 aliphatic heterocycles. The minimum Gasteiger partial charge on any atom is -0.480 e. The SMILES string of the molecule is O=C(NC(CF)C(=O)O)c1ccc(C2SCCS2)cc1. The van der Waals surface area contributed by atoms with E-state index in [4.69, 9.17) is 5.11 Å². The van der Waals surface area contributed by atoms with Crippen LogP contribution in [0.2, 0.25) is 0 Å². The van der Waals surface area contributed by atoms with Crippen LogP contribution in [-0.2, 0) is 4.79 Å².